The zero-order valence-electron chi connectivity index (χ0n) is 7.17. The molecule has 1 aromatic carbocycles. The highest BCUT2D eigenvalue weighted by Crippen LogP contribution is 2.29. The van der Waals surface area contributed by atoms with Gasteiger partial charge in [-0.15, -0.1) is 0 Å². The molecule has 2 N–H and O–H groups in total. The van der Waals surface area contributed by atoms with E-state index >= 15 is 0 Å². The first-order valence-corrected chi connectivity index (χ1v) is 4.62. The molecular weight excluding hydrogens is 272 g/mol. The summed E-state index contributed by atoms with van der Waals surface area (Å²) in [6, 6.07) is 2.16. The van der Waals surface area contributed by atoms with E-state index in [-0.39, 0.29) is 21.9 Å². The van der Waals surface area contributed by atoms with E-state index < -0.39 is 11.6 Å². The van der Waals surface area contributed by atoms with E-state index in [9.17, 15) is 8.78 Å². The largest absolute Gasteiger partial charge is 0.351 e. The molecule has 0 aliphatic rings. The van der Waals surface area contributed by atoms with Crippen LogP contribution in [0.15, 0.2) is 21.1 Å². The molecule has 0 unspecified atom stereocenters. The van der Waals surface area contributed by atoms with E-state index in [1.165, 1.54) is 6.07 Å². The van der Waals surface area contributed by atoms with E-state index in [2.05, 4.69) is 30.6 Å². The van der Waals surface area contributed by atoms with Crippen LogP contribution in [0, 0.1) is 11.6 Å². The number of nitrogens with zero attached hydrogens (tertiary/aromatic N) is 2. The predicted molar refractivity (Wildman–Crippen MR) is 51.8 cm³/mol. The Bertz CT molecular complexity index is 515. The summed E-state index contributed by atoms with van der Waals surface area (Å²) in [5.74, 6) is -1.86. The Labute approximate surface area is 91.2 Å². The molecule has 7 heteroatoms. The number of anilines is 1. The number of halogens is 3. The highest BCUT2D eigenvalue weighted by Gasteiger charge is 2.16. The second kappa shape index (κ2) is 3.58. The molecule has 0 saturated heterocycles. The number of rotatable bonds is 1. The maximum atomic E-state index is 13.1. The SMILES string of the molecule is Nc1nc(-c2ccc(F)c(F)c2Br)no1. The molecule has 0 saturated carbocycles. The van der Waals surface area contributed by atoms with Crippen LogP contribution in [0.5, 0.6) is 0 Å². The van der Waals surface area contributed by atoms with Gasteiger partial charge >= 0.3 is 6.01 Å². The zero-order valence-corrected chi connectivity index (χ0v) is 8.75. The van der Waals surface area contributed by atoms with Crippen LogP contribution in [0.1, 0.15) is 0 Å². The average molecular weight is 276 g/mol. The molecule has 1 heterocycles. The summed E-state index contributed by atoms with van der Waals surface area (Å²) >= 11 is 2.90. The minimum Gasteiger partial charge on any atom is -0.351 e. The number of benzene rings is 1. The van der Waals surface area contributed by atoms with Crippen molar-refractivity contribution in [2.75, 3.05) is 5.73 Å². The highest BCUT2D eigenvalue weighted by atomic mass is 79.9. The van der Waals surface area contributed by atoms with Crippen molar-refractivity contribution >= 4 is 21.9 Å². The number of nitrogen functional groups attached to an aromatic ring is 1. The molecule has 78 valence electrons. The minimum atomic E-state index is -1.00. The lowest BCUT2D eigenvalue weighted by atomic mass is 10.2. The van der Waals surface area contributed by atoms with Gasteiger partial charge in [0.15, 0.2) is 11.6 Å². The Hall–Kier alpha value is -1.50. The van der Waals surface area contributed by atoms with E-state index in [0.29, 0.717) is 0 Å². The summed E-state index contributed by atoms with van der Waals surface area (Å²) in [5, 5.41) is 3.49. The smallest absolute Gasteiger partial charge is 0.319 e. The summed E-state index contributed by atoms with van der Waals surface area (Å²) < 4.78 is 30.4. The number of hydrogen-bond donors (Lipinski definition) is 1. The fourth-order valence-electron chi connectivity index (χ4n) is 1.04. The van der Waals surface area contributed by atoms with Crippen molar-refractivity contribution in [3.8, 4) is 11.4 Å². The molecule has 1 aromatic heterocycles. The Morgan fingerprint density at radius 1 is 1.33 bits per heavy atom. The number of aromatic nitrogens is 2. The van der Waals surface area contributed by atoms with Crippen molar-refractivity contribution in [3.63, 3.8) is 0 Å². The second-order valence-electron chi connectivity index (χ2n) is 2.68. The van der Waals surface area contributed by atoms with Gasteiger partial charge in [-0.2, -0.15) is 4.98 Å². The molecule has 0 aliphatic carbocycles. The first-order valence-electron chi connectivity index (χ1n) is 3.82. The summed E-state index contributed by atoms with van der Waals surface area (Å²) in [7, 11) is 0. The van der Waals surface area contributed by atoms with Crippen molar-refractivity contribution in [1.29, 1.82) is 0 Å². The Morgan fingerprint density at radius 3 is 2.67 bits per heavy atom. The lowest BCUT2D eigenvalue weighted by molar-refractivity contribution is 0.436. The first kappa shape index (κ1) is 10.0. The zero-order chi connectivity index (χ0) is 11.0. The molecule has 0 bridgehead atoms. The number of nitrogens with two attached hydrogens (primary N) is 1. The van der Waals surface area contributed by atoms with Crippen LogP contribution in [-0.4, -0.2) is 10.1 Å². The third kappa shape index (κ3) is 1.70. The van der Waals surface area contributed by atoms with Crippen molar-refractivity contribution in [2.24, 2.45) is 0 Å². The van der Waals surface area contributed by atoms with Gasteiger partial charge < -0.3 is 10.3 Å². The van der Waals surface area contributed by atoms with Gasteiger partial charge in [-0.1, -0.05) is 5.16 Å². The molecule has 4 nitrogen and oxygen atoms in total. The van der Waals surface area contributed by atoms with Gasteiger partial charge in [0.05, 0.1) is 4.47 Å². The first-order chi connectivity index (χ1) is 7.09. The van der Waals surface area contributed by atoms with Crippen LogP contribution in [0.3, 0.4) is 0 Å². The van der Waals surface area contributed by atoms with Gasteiger partial charge in [0.25, 0.3) is 0 Å². The number of hydrogen-bond acceptors (Lipinski definition) is 4. The summed E-state index contributed by atoms with van der Waals surface area (Å²) in [4.78, 5) is 3.69. The molecular formula is C8H4BrF2N3O. The Balaban J connectivity index is 2.59. The molecule has 15 heavy (non-hydrogen) atoms. The van der Waals surface area contributed by atoms with Crippen molar-refractivity contribution in [1.82, 2.24) is 10.1 Å². The summed E-state index contributed by atoms with van der Waals surface area (Å²) in [6.45, 7) is 0. The topological polar surface area (TPSA) is 64.9 Å². The van der Waals surface area contributed by atoms with Crippen LogP contribution in [0.25, 0.3) is 11.4 Å². The fraction of sp³-hybridized carbons (Fsp3) is 0. The van der Waals surface area contributed by atoms with Crippen LogP contribution in [-0.2, 0) is 0 Å². The lowest BCUT2D eigenvalue weighted by Gasteiger charge is -2.00. The fourth-order valence-corrected chi connectivity index (χ4v) is 1.54. The monoisotopic (exact) mass is 275 g/mol. The second-order valence-corrected chi connectivity index (χ2v) is 3.47. The van der Waals surface area contributed by atoms with Crippen molar-refractivity contribution < 1.29 is 13.3 Å². The van der Waals surface area contributed by atoms with E-state index in [1.54, 1.807) is 0 Å². The third-order valence-corrected chi connectivity index (χ3v) is 2.49. The highest BCUT2D eigenvalue weighted by molar-refractivity contribution is 9.10. The van der Waals surface area contributed by atoms with Crippen molar-refractivity contribution in [3.05, 3.63) is 28.2 Å². The summed E-state index contributed by atoms with van der Waals surface area (Å²) in [6.07, 6.45) is 0. The Morgan fingerprint density at radius 2 is 2.07 bits per heavy atom. The molecule has 0 amide bonds. The molecule has 2 aromatic rings. The molecule has 0 radical (unpaired) electrons. The van der Waals surface area contributed by atoms with Gasteiger partial charge in [-0.05, 0) is 28.1 Å². The van der Waals surface area contributed by atoms with Gasteiger partial charge in [-0.3, -0.25) is 0 Å². The standard InChI is InChI=1S/C8H4BrF2N3O/c9-5-3(1-2-4(10)6(5)11)7-13-8(12)15-14-7/h1-2H,(H2,12,13,14). The van der Waals surface area contributed by atoms with Gasteiger partial charge in [-0.25, -0.2) is 8.78 Å². The van der Waals surface area contributed by atoms with Gasteiger partial charge in [0.1, 0.15) is 0 Å². The van der Waals surface area contributed by atoms with Crippen LogP contribution in [0.2, 0.25) is 0 Å². The maximum Gasteiger partial charge on any atom is 0.319 e. The summed E-state index contributed by atoms with van der Waals surface area (Å²) in [5.41, 5.74) is 5.48. The quantitative estimate of drug-likeness (QED) is 0.812. The lowest BCUT2D eigenvalue weighted by Crippen LogP contribution is -1.91. The average Bonchev–Trinajstić information content (AvgIpc) is 2.61. The van der Waals surface area contributed by atoms with Gasteiger partial charge in [0.2, 0.25) is 5.82 Å². The van der Waals surface area contributed by atoms with Crippen molar-refractivity contribution in [2.45, 2.75) is 0 Å². The van der Waals surface area contributed by atoms with Crippen LogP contribution in [0.4, 0.5) is 14.8 Å². The normalized spacial score (nSPS) is 10.6. The minimum absolute atomic E-state index is 0.0664. The molecule has 0 aliphatic heterocycles. The maximum absolute atomic E-state index is 13.1. The van der Waals surface area contributed by atoms with E-state index in [4.69, 9.17) is 5.73 Å². The predicted octanol–water partition coefficient (Wildman–Crippen LogP) is 2.36. The van der Waals surface area contributed by atoms with E-state index in [0.717, 1.165) is 6.07 Å². The van der Waals surface area contributed by atoms with Crippen LogP contribution < -0.4 is 5.73 Å². The van der Waals surface area contributed by atoms with E-state index in [1.807, 2.05) is 0 Å². The molecule has 0 spiro atoms. The Kier molecular flexibility index (Phi) is 2.39. The molecule has 0 fully saturated rings. The van der Waals surface area contributed by atoms with Crippen LogP contribution >= 0.6 is 15.9 Å². The molecule has 0 atom stereocenters. The van der Waals surface area contributed by atoms with Gasteiger partial charge in [0, 0.05) is 5.56 Å². The third-order valence-electron chi connectivity index (χ3n) is 1.72. The molecule has 2 rings (SSSR count).